The summed E-state index contributed by atoms with van der Waals surface area (Å²) in [4.78, 5) is 4.20. The summed E-state index contributed by atoms with van der Waals surface area (Å²) < 4.78 is 1.12. The first-order chi connectivity index (χ1) is 5.74. The van der Waals surface area contributed by atoms with Gasteiger partial charge in [-0.15, -0.1) is 11.3 Å². The van der Waals surface area contributed by atoms with E-state index in [1.165, 1.54) is 0 Å². The summed E-state index contributed by atoms with van der Waals surface area (Å²) in [5, 5.41) is 2.45. The minimum atomic E-state index is 0.277. The fraction of sp³-hybridized carbons (Fsp3) is 0.625. The third-order valence-electron chi connectivity index (χ3n) is 1.77. The molecule has 2 unspecified atom stereocenters. The zero-order chi connectivity index (χ0) is 8.97. The first-order valence-corrected chi connectivity index (χ1v) is 5.81. The lowest BCUT2D eigenvalue weighted by Gasteiger charge is -2.15. The van der Waals surface area contributed by atoms with Crippen LogP contribution in [0.2, 0.25) is 0 Å². The minimum absolute atomic E-state index is 0.277. The van der Waals surface area contributed by atoms with Crippen LogP contribution in [-0.2, 0) is 0 Å². The van der Waals surface area contributed by atoms with Crippen LogP contribution in [0.5, 0.6) is 0 Å². The topological polar surface area (TPSA) is 38.9 Å². The van der Waals surface area contributed by atoms with Crippen molar-refractivity contribution in [3.8, 4) is 0 Å². The maximum atomic E-state index is 5.89. The van der Waals surface area contributed by atoms with E-state index in [9.17, 15) is 0 Å². The second kappa shape index (κ2) is 4.84. The van der Waals surface area contributed by atoms with Crippen LogP contribution in [0.15, 0.2) is 15.9 Å². The molecule has 0 fully saturated rings. The SMILES string of the molecule is CCC(N)C(C)Sc1nccs1. The van der Waals surface area contributed by atoms with Gasteiger partial charge in [-0.05, 0) is 6.42 Å². The Morgan fingerprint density at radius 2 is 2.50 bits per heavy atom. The van der Waals surface area contributed by atoms with Gasteiger partial charge < -0.3 is 5.73 Å². The van der Waals surface area contributed by atoms with E-state index in [1.54, 1.807) is 23.1 Å². The van der Waals surface area contributed by atoms with Gasteiger partial charge in [0.15, 0.2) is 0 Å². The Hall–Kier alpha value is -0.0600. The molecule has 0 saturated carbocycles. The molecule has 4 heteroatoms. The molecule has 1 heterocycles. The number of nitrogens with two attached hydrogens (primary N) is 1. The molecular weight excluding hydrogens is 188 g/mol. The molecule has 1 aromatic rings. The van der Waals surface area contributed by atoms with E-state index < -0.39 is 0 Å². The van der Waals surface area contributed by atoms with Crippen molar-refractivity contribution in [1.29, 1.82) is 0 Å². The number of rotatable bonds is 4. The fourth-order valence-electron chi connectivity index (χ4n) is 0.847. The Kier molecular flexibility index (Phi) is 4.05. The molecule has 0 spiro atoms. The quantitative estimate of drug-likeness (QED) is 0.762. The molecule has 0 radical (unpaired) electrons. The first-order valence-electron chi connectivity index (χ1n) is 4.05. The number of thiazole rings is 1. The highest BCUT2D eigenvalue weighted by Crippen LogP contribution is 2.26. The third-order valence-corrected chi connectivity index (χ3v) is 3.94. The molecule has 68 valence electrons. The second-order valence-corrected chi connectivity index (χ2v) is 5.21. The van der Waals surface area contributed by atoms with Gasteiger partial charge >= 0.3 is 0 Å². The average Bonchev–Trinajstić information content (AvgIpc) is 2.55. The fourth-order valence-corrected chi connectivity index (χ4v) is 2.86. The molecule has 2 N–H and O–H groups in total. The van der Waals surface area contributed by atoms with Crippen molar-refractivity contribution in [3.05, 3.63) is 11.6 Å². The molecule has 0 aromatic carbocycles. The second-order valence-electron chi connectivity index (χ2n) is 2.69. The molecule has 0 aliphatic carbocycles. The van der Waals surface area contributed by atoms with Crippen LogP contribution in [-0.4, -0.2) is 16.3 Å². The van der Waals surface area contributed by atoms with Crippen molar-refractivity contribution in [1.82, 2.24) is 4.98 Å². The predicted molar refractivity (Wildman–Crippen MR) is 55.7 cm³/mol. The highest BCUT2D eigenvalue weighted by Gasteiger charge is 2.12. The molecule has 0 bridgehead atoms. The Labute approximate surface area is 81.6 Å². The number of aromatic nitrogens is 1. The van der Waals surface area contributed by atoms with E-state index in [2.05, 4.69) is 18.8 Å². The Morgan fingerprint density at radius 3 is 3.00 bits per heavy atom. The van der Waals surface area contributed by atoms with Gasteiger partial charge in [0.2, 0.25) is 0 Å². The zero-order valence-corrected chi connectivity index (χ0v) is 8.99. The maximum Gasteiger partial charge on any atom is 0.150 e. The molecule has 0 aliphatic heterocycles. The molecule has 1 rings (SSSR count). The van der Waals surface area contributed by atoms with Crippen LogP contribution in [0, 0.1) is 0 Å². The Morgan fingerprint density at radius 1 is 1.75 bits per heavy atom. The predicted octanol–water partition coefficient (Wildman–Crippen LogP) is 2.36. The lowest BCUT2D eigenvalue weighted by molar-refractivity contribution is 0.642. The van der Waals surface area contributed by atoms with Crippen LogP contribution < -0.4 is 5.73 Å². The summed E-state index contributed by atoms with van der Waals surface area (Å²) >= 11 is 3.44. The largest absolute Gasteiger partial charge is 0.327 e. The third kappa shape index (κ3) is 2.77. The summed E-state index contributed by atoms with van der Waals surface area (Å²) in [6.45, 7) is 4.27. The molecule has 12 heavy (non-hydrogen) atoms. The van der Waals surface area contributed by atoms with Crippen LogP contribution in [0.25, 0.3) is 0 Å². The Balaban J connectivity index is 2.41. The van der Waals surface area contributed by atoms with E-state index in [-0.39, 0.29) is 6.04 Å². The lowest BCUT2D eigenvalue weighted by atomic mass is 10.2. The number of hydrogen-bond acceptors (Lipinski definition) is 4. The van der Waals surface area contributed by atoms with Crippen molar-refractivity contribution in [2.75, 3.05) is 0 Å². The van der Waals surface area contributed by atoms with Crippen LogP contribution in [0.4, 0.5) is 0 Å². The summed E-state index contributed by atoms with van der Waals surface area (Å²) in [6.07, 6.45) is 2.86. The molecular formula is C8H14N2S2. The van der Waals surface area contributed by atoms with E-state index in [0.29, 0.717) is 5.25 Å². The molecule has 0 amide bonds. The summed E-state index contributed by atoms with van der Waals surface area (Å²) in [5.41, 5.74) is 5.89. The monoisotopic (exact) mass is 202 g/mol. The van der Waals surface area contributed by atoms with E-state index in [1.807, 2.05) is 11.6 Å². The maximum absolute atomic E-state index is 5.89. The van der Waals surface area contributed by atoms with Crippen molar-refractivity contribution in [2.24, 2.45) is 5.73 Å². The molecule has 0 saturated heterocycles. The van der Waals surface area contributed by atoms with E-state index in [0.717, 1.165) is 10.8 Å². The molecule has 2 nitrogen and oxygen atoms in total. The highest BCUT2D eigenvalue weighted by molar-refractivity contribution is 8.01. The zero-order valence-electron chi connectivity index (χ0n) is 7.36. The van der Waals surface area contributed by atoms with Gasteiger partial charge in [0.1, 0.15) is 4.34 Å². The smallest absolute Gasteiger partial charge is 0.150 e. The van der Waals surface area contributed by atoms with Gasteiger partial charge in [-0.3, -0.25) is 0 Å². The van der Waals surface area contributed by atoms with Gasteiger partial charge in [0, 0.05) is 22.9 Å². The number of hydrogen-bond donors (Lipinski definition) is 1. The van der Waals surface area contributed by atoms with Crippen molar-refractivity contribution < 1.29 is 0 Å². The van der Waals surface area contributed by atoms with Gasteiger partial charge in [-0.1, -0.05) is 25.6 Å². The van der Waals surface area contributed by atoms with E-state index >= 15 is 0 Å². The van der Waals surface area contributed by atoms with Gasteiger partial charge in [0.25, 0.3) is 0 Å². The average molecular weight is 202 g/mol. The molecule has 2 atom stereocenters. The van der Waals surface area contributed by atoms with Gasteiger partial charge in [-0.2, -0.15) is 0 Å². The highest BCUT2D eigenvalue weighted by atomic mass is 32.2. The van der Waals surface area contributed by atoms with E-state index in [4.69, 9.17) is 5.73 Å². The minimum Gasteiger partial charge on any atom is -0.327 e. The standard InChI is InChI=1S/C8H14N2S2/c1-3-7(9)6(2)12-8-10-4-5-11-8/h4-7H,3,9H2,1-2H3. The van der Waals surface area contributed by atoms with Crippen LogP contribution in [0.3, 0.4) is 0 Å². The lowest BCUT2D eigenvalue weighted by Crippen LogP contribution is -2.29. The first kappa shape index (κ1) is 10.0. The summed E-state index contributed by atoms with van der Waals surface area (Å²) in [7, 11) is 0. The molecule has 1 aromatic heterocycles. The van der Waals surface area contributed by atoms with Crippen LogP contribution >= 0.6 is 23.1 Å². The van der Waals surface area contributed by atoms with Crippen molar-refractivity contribution in [2.45, 2.75) is 35.9 Å². The van der Waals surface area contributed by atoms with Crippen molar-refractivity contribution >= 4 is 23.1 Å². The number of thioether (sulfide) groups is 1. The van der Waals surface area contributed by atoms with Crippen molar-refractivity contribution in [3.63, 3.8) is 0 Å². The van der Waals surface area contributed by atoms with Gasteiger partial charge in [-0.25, -0.2) is 4.98 Å². The van der Waals surface area contributed by atoms with Gasteiger partial charge in [0.05, 0.1) is 0 Å². The Bertz CT molecular complexity index is 211. The normalized spacial score (nSPS) is 15.9. The summed E-state index contributed by atoms with van der Waals surface area (Å²) in [5.74, 6) is 0. The summed E-state index contributed by atoms with van der Waals surface area (Å²) in [6, 6.07) is 0.277. The number of nitrogens with zero attached hydrogens (tertiary/aromatic N) is 1. The molecule has 0 aliphatic rings. The van der Waals surface area contributed by atoms with Crippen LogP contribution in [0.1, 0.15) is 20.3 Å².